The Morgan fingerprint density at radius 3 is 2.89 bits per heavy atom. The van der Waals surface area contributed by atoms with Gasteiger partial charge in [0.2, 0.25) is 0 Å². The van der Waals surface area contributed by atoms with Crippen LogP contribution in [0.5, 0.6) is 11.5 Å². The third-order valence-corrected chi connectivity index (χ3v) is 5.67. The number of allylic oxidation sites excluding steroid dienone is 1. The molecule has 0 fully saturated rings. The minimum Gasteiger partial charge on any atom is -0.507 e. The summed E-state index contributed by atoms with van der Waals surface area (Å²) in [5, 5.41) is 14.0. The number of carbonyl (C=O) groups excluding carboxylic acids is 1. The lowest BCUT2D eigenvalue weighted by molar-refractivity contribution is -0.115. The molecule has 0 bridgehead atoms. The molecule has 0 radical (unpaired) electrons. The Morgan fingerprint density at radius 1 is 1.25 bits per heavy atom. The topological polar surface area (TPSA) is 58.6 Å². The smallest absolute Gasteiger partial charge is 0.156 e. The molecule has 4 rings (SSSR count). The average Bonchev–Trinajstić information content (AvgIpc) is 2.68. The molecule has 0 amide bonds. The Kier molecular flexibility index (Phi) is 5.38. The fraction of sp³-hybridized carbons (Fsp3) is 0.375. The largest absolute Gasteiger partial charge is 0.507 e. The van der Waals surface area contributed by atoms with Crippen molar-refractivity contribution in [2.45, 2.75) is 45.1 Å². The summed E-state index contributed by atoms with van der Waals surface area (Å²) in [5.41, 5.74) is 3.91. The molecule has 146 valence electrons. The number of rotatable bonds is 6. The van der Waals surface area contributed by atoms with Crippen molar-refractivity contribution in [1.29, 1.82) is 0 Å². The molecule has 0 saturated heterocycles. The van der Waals surface area contributed by atoms with Crippen LogP contribution in [-0.2, 0) is 11.2 Å². The van der Waals surface area contributed by atoms with E-state index in [1.807, 2.05) is 12.1 Å². The lowest BCUT2D eigenvalue weighted by Crippen LogP contribution is -2.26. The van der Waals surface area contributed by atoms with Crippen molar-refractivity contribution in [3.05, 3.63) is 59.7 Å². The van der Waals surface area contributed by atoms with E-state index in [9.17, 15) is 9.90 Å². The van der Waals surface area contributed by atoms with Crippen LogP contribution in [0.3, 0.4) is 0 Å². The quantitative estimate of drug-likeness (QED) is 0.746. The van der Waals surface area contributed by atoms with Crippen molar-refractivity contribution in [2.75, 3.05) is 11.9 Å². The number of aryl methyl sites for hydroxylation is 1. The van der Waals surface area contributed by atoms with Crippen LogP contribution in [0.4, 0.5) is 5.69 Å². The first kappa shape index (κ1) is 18.6. The SMILES string of the molecule is CC(CCCc1ccccc1)Oc1cc(O)c2c(c1)NCC1CCC(=O)C=C21. The van der Waals surface area contributed by atoms with Gasteiger partial charge in [0.25, 0.3) is 0 Å². The molecule has 4 nitrogen and oxygen atoms in total. The maximum Gasteiger partial charge on any atom is 0.156 e. The van der Waals surface area contributed by atoms with Gasteiger partial charge in [-0.15, -0.1) is 0 Å². The number of hydrogen-bond donors (Lipinski definition) is 2. The highest BCUT2D eigenvalue weighted by Gasteiger charge is 2.30. The molecule has 0 saturated carbocycles. The van der Waals surface area contributed by atoms with Crippen LogP contribution >= 0.6 is 0 Å². The lowest BCUT2D eigenvalue weighted by Gasteiger charge is -2.32. The second kappa shape index (κ2) is 8.09. The molecule has 1 aliphatic carbocycles. The summed E-state index contributed by atoms with van der Waals surface area (Å²) < 4.78 is 6.07. The van der Waals surface area contributed by atoms with Gasteiger partial charge in [-0.1, -0.05) is 30.3 Å². The molecule has 2 aliphatic rings. The van der Waals surface area contributed by atoms with Gasteiger partial charge in [-0.05, 0) is 49.8 Å². The van der Waals surface area contributed by atoms with Crippen LogP contribution in [-0.4, -0.2) is 23.5 Å². The van der Waals surface area contributed by atoms with Crippen LogP contribution in [0.15, 0.2) is 48.5 Å². The fourth-order valence-corrected chi connectivity index (χ4v) is 4.20. The van der Waals surface area contributed by atoms with Crippen molar-refractivity contribution >= 4 is 17.0 Å². The number of phenols is 1. The van der Waals surface area contributed by atoms with E-state index in [4.69, 9.17) is 4.74 Å². The monoisotopic (exact) mass is 377 g/mol. The number of ether oxygens (including phenoxy) is 1. The van der Waals surface area contributed by atoms with Gasteiger partial charge in [0.15, 0.2) is 5.78 Å². The Morgan fingerprint density at radius 2 is 2.07 bits per heavy atom. The Hall–Kier alpha value is -2.75. The van der Waals surface area contributed by atoms with Crippen molar-refractivity contribution in [3.63, 3.8) is 0 Å². The number of carbonyl (C=O) groups is 1. The molecule has 2 atom stereocenters. The molecule has 4 heteroatoms. The molecule has 0 spiro atoms. The Bertz CT molecular complexity index is 888. The molecule has 2 aromatic carbocycles. The Labute approximate surface area is 166 Å². The summed E-state index contributed by atoms with van der Waals surface area (Å²) >= 11 is 0. The number of phenolic OH excluding ortho intramolecular Hbond substituents is 1. The first-order valence-corrected chi connectivity index (χ1v) is 10.2. The molecule has 2 aromatic rings. The van der Waals surface area contributed by atoms with Crippen molar-refractivity contribution in [1.82, 2.24) is 0 Å². The number of nitrogens with one attached hydrogen (secondary N) is 1. The van der Waals surface area contributed by atoms with E-state index in [2.05, 4.69) is 36.5 Å². The highest BCUT2D eigenvalue weighted by atomic mass is 16.5. The normalized spacial score (nSPS) is 19.1. The zero-order valence-corrected chi connectivity index (χ0v) is 16.3. The summed E-state index contributed by atoms with van der Waals surface area (Å²) in [6, 6.07) is 14.1. The van der Waals surface area contributed by atoms with Crippen molar-refractivity contribution in [3.8, 4) is 11.5 Å². The second-order valence-electron chi connectivity index (χ2n) is 7.85. The molecular weight excluding hydrogens is 350 g/mol. The van der Waals surface area contributed by atoms with E-state index < -0.39 is 0 Å². The fourth-order valence-electron chi connectivity index (χ4n) is 4.20. The molecule has 28 heavy (non-hydrogen) atoms. The van der Waals surface area contributed by atoms with Crippen LogP contribution in [0.25, 0.3) is 5.57 Å². The lowest BCUT2D eigenvalue weighted by atomic mass is 9.80. The van der Waals surface area contributed by atoms with Gasteiger partial charge < -0.3 is 15.2 Å². The number of aromatic hydroxyl groups is 1. The van der Waals surface area contributed by atoms with Crippen molar-refractivity contribution < 1.29 is 14.6 Å². The highest BCUT2D eigenvalue weighted by molar-refractivity contribution is 6.02. The van der Waals surface area contributed by atoms with Gasteiger partial charge in [0.05, 0.1) is 6.10 Å². The molecular formula is C24H27NO3. The van der Waals surface area contributed by atoms with Crippen LogP contribution in [0, 0.1) is 5.92 Å². The number of anilines is 1. The van der Waals surface area contributed by atoms with E-state index in [1.165, 1.54) is 5.56 Å². The van der Waals surface area contributed by atoms with Gasteiger partial charge in [-0.25, -0.2) is 0 Å². The van der Waals surface area contributed by atoms with Gasteiger partial charge in [0, 0.05) is 42.3 Å². The summed E-state index contributed by atoms with van der Waals surface area (Å²) in [6.45, 7) is 2.86. The van der Waals surface area contributed by atoms with Crippen LogP contribution in [0.2, 0.25) is 0 Å². The minimum atomic E-state index is 0.0629. The van der Waals surface area contributed by atoms with E-state index in [0.717, 1.165) is 49.1 Å². The predicted molar refractivity (Wildman–Crippen MR) is 112 cm³/mol. The van der Waals surface area contributed by atoms with Gasteiger partial charge in [-0.3, -0.25) is 4.79 Å². The minimum absolute atomic E-state index is 0.0629. The number of hydrogen-bond acceptors (Lipinski definition) is 4. The van der Waals surface area contributed by atoms with Gasteiger partial charge >= 0.3 is 0 Å². The molecule has 2 unspecified atom stereocenters. The third-order valence-electron chi connectivity index (χ3n) is 5.67. The highest BCUT2D eigenvalue weighted by Crippen LogP contribution is 2.45. The average molecular weight is 377 g/mol. The van der Waals surface area contributed by atoms with Crippen LogP contribution in [0.1, 0.15) is 43.7 Å². The molecule has 1 heterocycles. The van der Waals surface area contributed by atoms with E-state index >= 15 is 0 Å². The van der Waals surface area contributed by atoms with E-state index in [1.54, 1.807) is 12.1 Å². The summed E-state index contributed by atoms with van der Waals surface area (Å²) in [5.74, 6) is 1.28. The second-order valence-corrected chi connectivity index (χ2v) is 7.85. The van der Waals surface area contributed by atoms with Gasteiger partial charge in [-0.2, -0.15) is 0 Å². The molecule has 1 aliphatic heterocycles. The maximum atomic E-state index is 11.9. The van der Waals surface area contributed by atoms with Crippen molar-refractivity contribution in [2.24, 2.45) is 5.92 Å². The first-order chi connectivity index (χ1) is 13.6. The van der Waals surface area contributed by atoms with E-state index in [-0.39, 0.29) is 17.6 Å². The summed E-state index contributed by atoms with van der Waals surface area (Å²) in [6.07, 6.45) is 6.24. The first-order valence-electron chi connectivity index (χ1n) is 10.2. The zero-order valence-electron chi connectivity index (χ0n) is 16.3. The maximum absolute atomic E-state index is 11.9. The van der Waals surface area contributed by atoms with Crippen LogP contribution < -0.4 is 10.1 Å². The standard InChI is InChI=1S/C24H27NO3/c1-16(6-5-9-17-7-3-2-4-8-17)28-20-13-22-24(23(27)14-20)21-12-19(26)11-10-18(21)15-25-22/h2-4,7-8,12-14,16,18,25,27H,5-6,9-11,15H2,1H3. The predicted octanol–water partition coefficient (Wildman–Crippen LogP) is 4.97. The number of benzene rings is 2. The zero-order chi connectivity index (χ0) is 19.5. The van der Waals surface area contributed by atoms with E-state index in [0.29, 0.717) is 18.1 Å². The number of ketones is 1. The molecule has 0 aromatic heterocycles. The number of fused-ring (bicyclic) bond motifs is 3. The van der Waals surface area contributed by atoms with Gasteiger partial charge in [0.1, 0.15) is 11.5 Å². The Balaban J connectivity index is 1.42. The molecule has 2 N–H and O–H groups in total. The summed E-state index contributed by atoms with van der Waals surface area (Å²) in [4.78, 5) is 11.9. The summed E-state index contributed by atoms with van der Waals surface area (Å²) in [7, 11) is 0. The third kappa shape index (κ3) is 4.06.